The van der Waals surface area contributed by atoms with Crippen molar-refractivity contribution in [1.82, 2.24) is 10.1 Å². The summed E-state index contributed by atoms with van der Waals surface area (Å²) < 4.78 is 27.0. The van der Waals surface area contributed by atoms with Crippen molar-refractivity contribution in [1.29, 1.82) is 0 Å². The average Bonchev–Trinajstić information content (AvgIpc) is 2.89. The van der Waals surface area contributed by atoms with Crippen molar-refractivity contribution in [3.8, 4) is 0 Å². The van der Waals surface area contributed by atoms with Gasteiger partial charge in [0.1, 0.15) is 5.75 Å². The predicted molar refractivity (Wildman–Crippen MR) is 57.2 cm³/mol. The molecule has 1 aliphatic carbocycles. The van der Waals surface area contributed by atoms with Gasteiger partial charge in [-0.2, -0.15) is 4.98 Å². The fraction of sp³-hybridized carbons (Fsp3) is 0.778. The third-order valence-electron chi connectivity index (χ3n) is 2.54. The second-order valence-electron chi connectivity index (χ2n) is 4.38. The van der Waals surface area contributed by atoms with E-state index in [4.69, 9.17) is 10.3 Å². The van der Waals surface area contributed by atoms with E-state index in [0.717, 1.165) is 19.1 Å². The second-order valence-corrected chi connectivity index (χ2v) is 6.52. The highest BCUT2D eigenvalue weighted by atomic mass is 32.2. The van der Waals surface area contributed by atoms with Crippen molar-refractivity contribution >= 4 is 9.84 Å². The molecule has 1 aromatic heterocycles. The van der Waals surface area contributed by atoms with E-state index in [0.29, 0.717) is 18.2 Å². The summed E-state index contributed by atoms with van der Waals surface area (Å²) in [5.41, 5.74) is 5.90. The summed E-state index contributed by atoms with van der Waals surface area (Å²) in [4.78, 5) is 4.01. The van der Waals surface area contributed by atoms with Gasteiger partial charge in [-0.05, 0) is 18.8 Å². The zero-order chi connectivity index (χ0) is 11.8. The Balaban J connectivity index is 1.96. The Morgan fingerprint density at radius 3 is 2.81 bits per heavy atom. The molecule has 0 aliphatic heterocycles. The molecule has 2 rings (SSSR count). The summed E-state index contributed by atoms with van der Waals surface area (Å²) in [6.45, 7) is 0. The monoisotopic (exact) mass is 245 g/mol. The minimum absolute atomic E-state index is 0.0477. The molecule has 0 radical (unpaired) electrons. The van der Waals surface area contributed by atoms with Crippen LogP contribution < -0.4 is 5.73 Å². The summed E-state index contributed by atoms with van der Waals surface area (Å²) in [6.07, 6.45) is 3.98. The van der Waals surface area contributed by atoms with E-state index in [1.807, 2.05) is 0 Å². The van der Waals surface area contributed by atoms with E-state index in [1.54, 1.807) is 0 Å². The lowest BCUT2D eigenvalue weighted by Crippen LogP contribution is -2.25. The molecule has 16 heavy (non-hydrogen) atoms. The SMILES string of the molecule is CS(=O)(=O)Cc1noc(CC(N)C2CC2)n1. The van der Waals surface area contributed by atoms with Crippen LogP contribution >= 0.6 is 0 Å². The van der Waals surface area contributed by atoms with E-state index in [2.05, 4.69) is 10.1 Å². The first kappa shape index (κ1) is 11.5. The van der Waals surface area contributed by atoms with Gasteiger partial charge in [0, 0.05) is 18.7 Å². The Morgan fingerprint density at radius 2 is 2.25 bits per heavy atom. The second kappa shape index (κ2) is 4.14. The molecule has 1 heterocycles. The Bertz CT molecular complexity index is 464. The molecule has 6 nitrogen and oxygen atoms in total. The normalized spacial score (nSPS) is 18.6. The van der Waals surface area contributed by atoms with Gasteiger partial charge in [0.2, 0.25) is 5.89 Å². The highest BCUT2D eigenvalue weighted by Crippen LogP contribution is 2.32. The molecule has 1 unspecified atom stereocenters. The molecule has 1 aliphatic rings. The maximum Gasteiger partial charge on any atom is 0.228 e. The van der Waals surface area contributed by atoms with Crippen molar-refractivity contribution in [2.75, 3.05) is 6.26 Å². The number of nitrogens with zero attached hydrogens (tertiary/aromatic N) is 2. The molecule has 0 saturated heterocycles. The van der Waals surface area contributed by atoms with Crippen molar-refractivity contribution < 1.29 is 12.9 Å². The maximum atomic E-state index is 11.0. The van der Waals surface area contributed by atoms with Crippen LogP contribution in [-0.2, 0) is 22.0 Å². The van der Waals surface area contributed by atoms with Crippen LogP contribution in [0.25, 0.3) is 0 Å². The molecule has 1 saturated carbocycles. The Hall–Kier alpha value is -0.950. The van der Waals surface area contributed by atoms with Gasteiger partial charge in [-0.25, -0.2) is 8.42 Å². The smallest absolute Gasteiger partial charge is 0.228 e. The molecular formula is C9H15N3O3S. The number of sulfone groups is 1. The van der Waals surface area contributed by atoms with E-state index in [-0.39, 0.29) is 17.6 Å². The topological polar surface area (TPSA) is 99.1 Å². The average molecular weight is 245 g/mol. The molecular weight excluding hydrogens is 230 g/mol. The maximum absolute atomic E-state index is 11.0. The number of hydrogen-bond acceptors (Lipinski definition) is 6. The van der Waals surface area contributed by atoms with Crippen LogP contribution in [0.2, 0.25) is 0 Å². The van der Waals surface area contributed by atoms with Gasteiger partial charge in [0.05, 0.1) is 0 Å². The molecule has 0 amide bonds. The molecule has 2 N–H and O–H groups in total. The summed E-state index contributed by atoms with van der Waals surface area (Å²) in [6, 6.07) is 0.0477. The molecule has 90 valence electrons. The van der Waals surface area contributed by atoms with Gasteiger partial charge in [-0.1, -0.05) is 5.16 Å². The Labute approximate surface area is 94.1 Å². The van der Waals surface area contributed by atoms with Crippen LogP contribution in [0.5, 0.6) is 0 Å². The standard InChI is InChI=1S/C9H15N3O3S/c1-16(13,14)5-8-11-9(15-12-8)4-7(10)6-2-3-6/h6-7H,2-5,10H2,1H3. The Morgan fingerprint density at radius 1 is 1.56 bits per heavy atom. The molecule has 1 atom stereocenters. The van der Waals surface area contributed by atoms with Gasteiger partial charge in [0.25, 0.3) is 0 Å². The van der Waals surface area contributed by atoms with E-state index in [1.165, 1.54) is 0 Å². The molecule has 7 heteroatoms. The van der Waals surface area contributed by atoms with Crippen molar-refractivity contribution in [3.63, 3.8) is 0 Å². The quantitative estimate of drug-likeness (QED) is 0.777. The third-order valence-corrected chi connectivity index (χ3v) is 3.32. The molecule has 1 aromatic rings. The predicted octanol–water partition coefficient (Wildman–Crippen LogP) is -0.106. The minimum Gasteiger partial charge on any atom is -0.339 e. The zero-order valence-electron chi connectivity index (χ0n) is 9.09. The molecule has 1 fully saturated rings. The van der Waals surface area contributed by atoms with Crippen LogP contribution in [-0.4, -0.2) is 30.9 Å². The number of aromatic nitrogens is 2. The fourth-order valence-corrected chi connectivity index (χ4v) is 2.15. The highest BCUT2D eigenvalue weighted by molar-refractivity contribution is 7.89. The van der Waals surface area contributed by atoms with Crippen molar-refractivity contribution in [2.24, 2.45) is 11.7 Å². The first-order valence-electron chi connectivity index (χ1n) is 5.19. The van der Waals surface area contributed by atoms with Gasteiger partial charge in [-0.15, -0.1) is 0 Å². The number of nitrogens with two attached hydrogens (primary N) is 1. The molecule has 0 spiro atoms. The van der Waals surface area contributed by atoms with E-state index in [9.17, 15) is 8.42 Å². The van der Waals surface area contributed by atoms with Gasteiger partial charge < -0.3 is 10.3 Å². The lowest BCUT2D eigenvalue weighted by atomic mass is 10.1. The summed E-state index contributed by atoms with van der Waals surface area (Å²) >= 11 is 0. The van der Waals surface area contributed by atoms with Crippen LogP contribution in [0.4, 0.5) is 0 Å². The summed E-state index contributed by atoms with van der Waals surface area (Å²) in [5, 5.41) is 3.61. The highest BCUT2D eigenvalue weighted by Gasteiger charge is 2.29. The first-order valence-corrected chi connectivity index (χ1v) is 7.25. The first-order chi connectivity index (χ1) is 7.44. The third kappa shape index (κ3) is 3.28. The van der Waals surface area contributed by atoms with Crippen LogP contribution in [0.15, 0.2) is 4.52 Å². The largest absolute Gasteiger partial charge is 0.339 e. The minimum atomic E-state index is -3.11. The van der Waals surface area contributed by atoms with Crippen LogP contribution in [0.1, 0.15) is 24.6 Å². The van der Waals surface area contributed by atoms with E-state index < -0.39 is 9.84 Å². The van der Waals surface area contributed by atoms with Crippen LogP contribution in [0.3, 0.4) is 0 Å². The molecule has 0 aromatic carbocycles. The van der Waals surface area contributed by atoms with Crippen LogP contribution in [0, 0.1) is 5.92 Å². The number of rotatable bonds is 5. The zero-order valence-corrected chi connectivity index (χ0v) is 9.90. The van der Waals surface area contributed by atoms with Gasteiger partial charge in [-0.3, -0.25) is 0 Å². The molecule has 0 bridgehead atoms. The Kier molecular flexibility index (Phi) is 2.98. The summed E-state index contributed by atoms with van der Waals surface area (Å²) in [7, 11) is -3.11. The van der Waals surface area contributed by atoms with Crippen molar-refractivity contribution in [2.45, 2.75) is 31.1 Å². The van der Waals surface area contributed by atoms with Crippen molar-refractivity contribution in [3.05, 3.63) is 11.7 Å². The summed E-state index contributed by atoms with van der Waals surface area (Å²) in [5.74, 6) is 1.01. The van der Waals surface area contributed by atoms with Gasteiger partial charge >= 0.3 is 0 Å². The lowest BCUT2D eigenvalue weighted by Gasteiger charge is -2.04. The van der Waals surface area contributed by atoms with Gasteiger partial charge in [0.15, 0.2) is 15.7 Å². The fourth-order valence-electron chi connectivity index (χ4n) is 1.56. The number of hydrogen-bond donors (Lipinski definition) is 1. The lowest BCUT2D eigenvalue weighted by molar-refractivity contribution is 0.360. The van der Waals surface area contributed by atoms with E-state index >= 15 is 0 Å².